The van der Waals surface area contributed by atoms with Crippen LogP contribution in [0.4, 0.5) is 18.9 Å². The highest BCUT2D eigenvalue weighted by molar-refractivity contribution is 5.66. The van der Waals surface area contributed by atoms with Crippen LogP contribution in [0.1, 0.15) is 29.5 Å². The Labute approximate surface area is 162 Å². The number of methoxy groups -OCH3 is 1. The molecule has 1 fully saturated rings. The van der Waals surface area contributed by atoms with Crippen molar-refractivity contribution < 1.29 is 23.0 Å². The lowest BCUT2D eigenvalue weighted by Crippen LogP contribution is -2.43. The number of aryl methyl sites for hydroxylation is 1. The van der Waals surface area contributed by atoms with E-state index in [1.165, 1.54) is 43.5 Å². The van der Waals surface area contributed by atoms with Crippen LogP contribution in [0.3, 0.4) is 0 Å². The minimum absolute atomic E-state index is 0.0736. The Kier molecular flexibility index (Phi) is 5.39. The van der Waals surface area contributed by atoms with Crippen molar-refractivity contribution in [2.75, 3.05) is 14.2 Å². The van der Waals surface area contributed by atoms with Gasteiger partial charge in [-0.05, 0) is 37.0 Å². The Morgan fingerprint density at radius 3 is 2.36 bits per heavy atom. The lowest BCUT2D eigenvalue weighted by molar-refractivity contribution is -0.248. The average molecular weight is 392 g/mol. The van der Waals surface area contributed by atoms with Gasteiger partial charge < -0.3 is 14.7 Å². The van der Waals surface area contributed by atoms with E-state index in [9.17, 15) is 18.3 Å². The number of aliphatic imine (C=N–C) groups is 1. The first-order valence-electron chi connectivity index (χ1n) is 8.98. The summed E-state index contributed by atoms with van der Waals surface area (Å²) in [6.07, 6.45) is -1.05. The van der Waals surface area contributed by atoms with Crippen molar-refractivity contribution in [3.05, 3.63) is 59.2 Å². The summed E-state index contributed by atoms with van der Waals surface area (Å²) in [5.74, 6) is -0.0736. The maximum Gasteiger partial charge on any atom is 0.425 e. The molecule has 0 radical (unpaired) electrons. The van der Waals surface area contributed by atoms with Gasteiger partial charge in [0.25, 0.3) is 0 Å². The van der Waals surface area contributed by atoms with E-state index in [-0.39, 0.29) is 16.9 Å². The Morgan fingerprint density at radius 2 is 1.82 bits per heavy atom. The van der Waals surface area contributed by atoms with Crippen LogP contribution in [0, 0.1) is 6.92 Å². The number of rotatable bonds is 6. The fourth-order valence-electron chi connectivity index (χ4n) is 3.15. The molecule has 0 amide bonds. The predicted molar refractivity (Wildman–Crippen MR) is 102 cm³/mol. The van der Waals surface area contributed by atoms with Crippen LogP contribution < -0.4 is 4.74 Å². The van der Waals surface area contributed by atoms with Gasteiger partial charge in [-0.25, -0.2) is 4.99 Å². The SMILES string of the molecule is COc1cc(/N=C/N(C)C2CC2)c(C)cc1C(O)(c1ccccc1)C(F)(F)F. The minimum atomic E-state index is -4.94. The number of aliphatic hydroxyl groups is 1. The van der Waals surface area contributed by atoms with Gasteiger partial charge in [0.05, 0.1) is 19.1 Å². The summed E-state index contributed by atoms with van der Waals surface area (Å²) in [5, 5.41) is 10.9. The summed E-state index contributed by atoms with van der Waals surface area (Å²) in [6, 6.07) is 10.2. The molecule has 0 aromatic heterocycles. The molecule has 0 bridgehead atoms. The number of benzene rings is 2. The van der Waals surface area contributed by atoms with E-state index >= 15 is 0 Å². The predicted octanol–water partition coefficient (Wildman–Crippen LogP) is 4.56. The third-order valence-corrected chi connectivity index (χ3v) is 5.01. The third-order valence-electron chi connectivity index (χ3n) is 5.01. The normalized spacial score (nSPS) is 16.8. The topological polar surface area (TPSA) is 45.1 Å². The van der Waals surface area contributed by atoms with E-state index in [1.807, 2.05) is 11.9 Å². The molecule has 1 N–H and O–H groups in total. The molecule has 0 aliphatic heterocycles. The van der Waals surface area contributed by atoms with E-state index in [1.54, 1.807) is 19.3 Å². The molecule has 0 saturated heterocycles. The zero-order valence-electron chi connectivity index (χ0n) is 16.0. The summed E-state index contributed by atoms with van der Waals surface area (Å²) < 4.78 is 47.3. The van der Waals surface area contributed by atoms with Crippen LogP contribution in [0.5, 0.6) is 5.75 Å². The molecule has 1 aliphatic rings. The van der Waals surface area contributed by atoms with E-state index < -0.39 is 11.8 Å². The lowest BCUT2D eigenvalue weighted by atomic mass is 9.84. The van der Waals surface area contributed by atoms with Crippen molar-refractivity contribution in [1.82, 2.24) is 4.90 Å². The highest BCUT2D eigenvalue weighted by Crippen LogP contribution is 2.48. The largest absolute Gasteiger partial charge is 0.496 e. The molecular weight excluding hydrogens is 369 g/mol. The highest BCUT2D eigenvalue weighted by atomic mass is 19.4. The molecule has 3 rings (SSSR count). The zero-order valence-corrected chi connectivity index (χ0v) is 16.0. The monoisotopic (exact) mass is 392 g/mol. The summed E-state index contributed by atoms with van der Waals surface area (Å²) in [7, 11) is 3.19. The molecule has 1 saturated carbocycles. The number of nitrogens with zero attached hydrogens (tertiary/aromatic N) is 2. The molecule has 4 nitrogen and oxygen atoms in total. The standard InChI is InChI=1S/C21H23F3N2O2/c1-14-11-17(20(27,21(22,23)24)15-7-5-4-6-8-15)19(28-3)12-18(14)25-13-26(2)16-9-10-16/h4-8,11-13,16,27H,9-10H2,1-3H3/b25-13+. The van der Waals surface area contributed by atoms with Crippen molar-refractivity contribution in [2.24, 2.45) is 4.99 Å². The van der Waals surface area contributed by atoms with Crippen LogP contribution in [-0.2, 0) is 5.60 Å². The van der Waals surface area contributed by atoms with Crippen LogP contribution in [0.25, 0.3) is 0 Å². The molecule has 0 heterocycles. The second-order valence-corrected chi connectivity index (χ2v) is 7.05. The van der Waals surface area contributed by atoms with Crippen molar-refractivity contribution in [3.63, 3.8) is 0 Å². The quantitative estimate of drug-likeness (QED) is 0.579. The van der Waals surface area contributed by atoms with Gasteiger partial charge in [0.1, 0.15) is 5.75 Å². The van der Waals surface area contributed by atoms with Gasteiger partial charge in [0.15, 0.2) is 0 Å². The first kappa shape index (κ1) is 20.2. The zero-order chi connectivity index (χ0) is 20.5. The van der Waals surface area contributed by atoms with Crippen molar-refractivity contribution >= 4 is 12.0 Å². The number of alkyl halides is 3. The van der Waals surface area contributed by atoms with E-state index in [0.717, 1.165) is 12.8 Å². The van der Waals surface area contributed by atoms with E-state index in [0.29, 0.717) is 17.3 Å². The second kappa shape index (κ2) is 7.47. The summed E-state index contributed by atoms with van der Waals surface area (Å²) in [6.45, 7) is 1.66. The molecule has 28 heavy (non-hydrogen) atoms. The summed E-state index contributed by atoms with van der Waals surface area (Å²) in [5.41, 5.74) is -2.83. The number of hydrogen-bond donors (Lipinski definition) is 1. The number of ether oxygens (including phenoxy) is 1. The maximum atomic E-state index is 14.0. The molecule has 7 heteroatoms. The Bertz CT molecular complexity index is 864. The van der Waals surface area contributed by atoms with E-state index in [4.69, 9.17) is 4.74 Å². The fourth-order valence-corrected chi connectivity index (χ4v) is 3.15. The molecule has 1 unspecified atom stereocenters. The summed E-state index contributed by atoms with van der Waals surface area (Å²) in [4.78, 5) is 6.37. The summed E-state index contributed by atoms with van der Waals surface area (Å²) >= 11 is 0. The van der Waals surface area contributed by atoms with E-state index in [2.05, 4.69) is 4.99 Å². The third kappa shape index (κ3) is 3.71. The first-order chi connectivity index (χ1) is 13.2. The van der Waals surface area contributed by atoms with Gasteiger partial charge in [-0.15, -0.1) is 0 Å². The lowest BCUT2D eigenvalue weighted by Gasteiger charge is -2.33. The van der Waals surface area contributed by atoms with Crippen molar-refractivity contribution in [1.29, 1.82) is 0 Å². The van der Waals surface area contributed by atoms with Gasteiger partial charge in [-0.3, -0.25) is 0 Å². The molecule has 1 atom stereocenters. The molecule has 2 aromatic rings. The fraction of sp³-hybridized carbons (Fsp3) is 0.381. The number of halogens is 3. The first-order valence-corrected chi connectivity index (χ1v) is 8.98. The Morgan fingerprint density at radius 1 is 1.18 bits per heavy atom. The van der Waals surface area contributed by atoms with Gasteiger partial charge in [0, 0.05) is 24.7 Å². The van der Waals surface area contributed by atoms with Crippen LogP contribution in [0.2, 0.25) is 0 Å². The second-order valence-electron chi connectivity index (χ2n) is 7.05. The molecule has 150 valence electrons. The van der Waals surface area contributed by atoms with Gasteiger partial charge in [0.2, 0.25) is 5.60 Å². The Balaban J connectivity index is 2.10. The molecule has 0 spiro atoms. The highest BCUT2D eigenvalue weighted by Gasteiger charge is 2.57. The van der Waals surface area contributed by atoms with Crippen LogP contribution in [-0.4, -0.2) is 42.7 Å². The Hall–Kier alpha value is -2.54. The molecule has 1 aliphatic carbocycles. The molecule has 2 aromatic carbocycles. The van der Waals surface area contributed by atoms with Crippen molar-refractivity contribution in [3.8, 4) is 5.75 Å². The minimum Gasteiger partial charge on any atom is -0.496 e. The number of hydrogen-bond acceptors (Lipinski definition) is 3. The van der Waals surface area contributed by atoms with Crippen LogP contribution >= 0.6 is 0 Å². The average Bonchev–Trinajstić information content (AvgIpc) is 3.51. The smallest absolute Gasteiger partial charge is 0.425 e. The van der Waals surface area contributed by atoms with Gasteiger partial charge in [-0.1, -0.05) is 30.3 Å². The van der Waals surface area contributed by atoms with Gasteiger partial charge in [-0.2, -0.15) is 13.2 Å². The maximum absolute atomic E-state index is 14.0. The van der Waals surface area contributed by atoms with Crippen LogP contribution in [0.15, 0.2) is 47.5 Å². The van der Waals surface area contributed by atoms with Gasteiger partial charge >= 0.3 is 6.18 Å². The van der Waals surface area contributed by atoms with Crippen molar-refractivity contribution in [2.45, 2.75) is 37.6 Å². The molecular formula is C21H23F3N2O2.